The highest BCUT2D eigenvalue weighted by atomic mass is 19.3. The first-order valence-corrected chi connectivity index (χ1v) is 14.2. The second-order valence-corrected chi connectivity index (χ2v) is 12.2. The van der Waals surface area contributed by atoms with E-state index in [4.69, 9.17) is 0 Å². The van der Waals surface area contributed by atoms with Gasteiger partial charge < -0.3 is 10.0 Å². The fourth-order valence-electron chi connectivity index (χ4n) is 8.59. The maximum Gasteiger partial charge on any atom is 0.305 e. The molecule has 0 aliphatic heterocycles. The molecule has 4 aliphatic carbocycles. The van der Waals surface area contributed by atoms with E-state index in [-0.39, 0.29) is 17.6 Å². The average molecular weight is 510 g/mol. The van der Waals surface area contributed by atoms with Gasteiger partial charge >= 0.3 is 5.92 Å². The summed E-state index contributed by atoms with van der Waals surface area (Å²) >= 11 is 0. The molecule has 3 fully saturated rings. The Balaban J connectivity index is 1.57. The van der Waals surface area contributed by atoms with Crippen LogP contribution < -0.4 is 4.90 Å². The van der Waals surface area contributed by atoms with Crippen molar-refractivity contribution in [1.29, 1.82) is 0 Å². The molecule has 5 heteroatoms. The first-order chi connectivity index (χ1) is 17.5. The van der Waals surface area contributed by atoms with Crippen LogP contribution >= 0.6 is 0 Å². The van der Waals surface area contributed by atoms with Gasteiger partial charge in [0.2, 0.25) is 0 Å². The Bertz CT molecular complexity index is 1120. The van der Waals surface area contributed by atoms with Gasteiger partial charge in [0.1, 0.15) is 5.60 Å². The zero-order chi connectivity index (χ0) is 26.6. The number of anilines is 1. The Morgan fingerprint density at radius 2 is 1.78 bits per heavy atom. The smallest absolute Gasteiger partial charge is 0.305 e. The topological polar surface area (TPSA) is 40.5 Å². The minimum atomic E-state index is -3.12. The number of benzene rings is 1. The van der Waals surface area contributed by atoms with Gasteiger partial charge in [-0.15, -0.1) is 0 Å². The average Bonchev–Trinajstić information content (AvgIpc) is 3.13. The summed E-state index contributed by atoms with van der Waals surface area (Å²) < 4.78 is 27.5. The molecule has 0 heterocycles. The summed E-state index contributed by atoms with van der Waals surface area (Å²) in [5.74, 6) is 3.51. The van der Waals surface area contributed by atoms with Crippen LogP contribution in [0.25, 0.3) is 0 Å². The summed E-state index contributed by atoms with van der Waals surface area (Å²) in [6.07, 6.45) is 7.32. The Morgan fingerprint density at radius 3 is 2.43 bits per heavy atom. The number of fused-ring (bicyclic) bond motifs is 5. The Morgan fingerprint density at radius 1 is 1.08 bits per heavy atom. The Labute approximate surface area is 220 Å². The molecule has 0 unspecified atom stereocenters. The van der Waals surface area contributed by atoms with Crippen LogP contribution in [0.5, 0.6) is 0 Å². The Hall–Kier alpha value is -2.19. The van der Waals surface area contributed by atoms with Gasteiger partial charge in [-0.05, 0) is 112 Å². The lowest BCUT2D eigenvalue weighted by Gasteiger charge is -2.58. The van der Waals surface area contributed by atoms with Crippen LogP contribution in [0.4, 0.5) is 14.5 Å². The van der Waals surface area contributed by atoms with Crippen LogP contribution in [0.2, 0.25) is 0 Å². The van der Waals surface area contributed by atoms with E-state index in [9.17, 15) is 18.7 Å². The number of carbonyl (C=O) groups is 1. The standard InChI is InChI=1S/C32H41F2NO2/c1-5-35(6-2)23-10-7-21(8-11-23)27-20-30(3)28(15-16-32(30,37)18-17-31(4,33)34)26-13-9-22-19-24(36)12-14-25(22)29(26)27/h7-8,10-11,19,25-29,37H,5-6,9,12-16,20H2,1-4H3/t25-,26-,27+,28-,29+,30-,32+/m0/s1. The van der Waals surface area contributed by atoms with E-state index < -0.39 is 16.9 Å². The molecule has 3 nitrogen and oxygen atoms in total. The van der Waals surface area contributed by atoms with Crippen molar-refractivity contribution in [3.05, 3.63) is 41.5 Å². The summed E-state index contributed by atoms with van der Waals surface area (Å²) in [4.78, 5) is 14.6. The minimum Gasteiger partial charge on any atom is -0.377 e. The van der Waals surface area contributed by atoms with E-state index >= 15 is 0 Å². The van der Waals surface area contributed by atoms with Crippen molar-refractivity contribution < 1.29 is 18.7 Å². The first kappa shape index (κ1) is 26.4. The second kappa shape index (κ2) is 9.53. The lowest BCUT2D eigenvalue weighted by molar-refractivity contribution is -0.117. The summed E-state index contributed by atoms with van der Waals surface area (Å²) in [6.45, 7) is 9.12. The van der Waals surface area contributed by atoms with E-state index in [1.54, 1.807) is 0 Å². The number of rotatable bonds is 4. The molecule has 37 heavy (non-hydrogen) atoms. The molecule has 0 saturated heterocycles. The van der Waals surface area contributed by atoms with Crippen molar-refractivity contribution in [3.63, 3.8) is 0 Å². The van der Waals surface area contributed by atoms with Crippen molar-refractivity contribution in [2.24, 2.45) is 29.1 Å². The van der Waals surface area contributed by atoms with Gasteiger partial charge in [-0.2, -0.15) is 8.78 Å². The zero-order valence-corrected chi connectivity index (χ0v) is 22.7. The molecule has 5 rings (SSSR count). The van der Waals surface area contributed by atoms with Gasteiger partial charge in [-0.3, -0.25) is 4.79 Å². The molecule has 7 atom stereocenters. The van der Waals surface area contributed by atoms with Crippen LogP contribution in [-0.4, -0.2) is 35.5 Å². The highest BCUT2D eigenvalue weighted by Crippen LogP contribution is 2.68. The maximum atomic E-state index is 13.8. The number of hydrogen-bond donors (Lipinski definition) is 1. The monoisotopic (exact) mass is 509 g/mol. The summed E-state index contributed by atoms with van der Waals surface area (Å²) in [6, 6.07) is 8.89. The molecule has 1 N–H and O–H groups in total. The van der Waals surface area contributed by atoms with Gasteiger partial charge in [0.15, 0.2) is 5.78 Å². The molecule has 0 amide bonds. The number of alkyl halides is 2. The fourth-order valence-corrected chi connectivity index (χ4v) is 8.59. The molecule has 200 valence electrons. The third-order valence-electron chi connectivity index (χ3n) is 10.4. The lowest BCUT2D eigenvalue weighted by Crippen LogP contribution is -2.54. The van der Waals surface area contributed by atoms with E-state index in [1.165, 1.54) is 16.8 Å². The largest absolute Gasteiger partial charge is 0.377 e. The molecule has 3 saturated carbocycles. The number of hydrogen-bond acceptors (Lipinski definition) is 3. The van der Waals surface area contributed by atoms with Crippen molar-refractivity contribution in [3.8, 4) is 11.8 Å². The SMILES string of the molecule is CCN(CC)c1ccc([C@H]2C[C@@]3(C)[C@@H](CC[C@@]3(O)C#CC(C)(F)F)[C@@H]3CCC4=CC(=O)CC[C@@H]4[C@H]32)cc1. The summed E-state index contributed by atoms with van der Waals surface area (Å²) in [5.41, 5.74) is 1.79. The molecular weight excluding hydrogens is 468 g/mol. The fraction of sp³-hybridized carbons (Fsp3) is 0.656. The molecule has 0 bridgehead atoms. The number of carbonyl (C=O) groups excluding carboxylic acids is 1. The van der Waals surface area contributed by atoms with Crippen molar-refractivity contribution in [2.45, 2.75) is 90.1 Å². The van der Waals surface area contributed by atoms with Crippen molar-refractivity contribution >= 4 is 11.5 Å². The molecule has 0 spiro atoms. The van der Waals surface area contributed by atoms with Crippen molar-refractivity contribution in [1.82, 2.24) is 0 Å². The number of nitrogens with zero attached hydrogens (tertiary/aromatic N) is 1. The lowest BCUT2D eigenvalue weighted by atomic mass is 9.46. The third-order valence-corrected chi connectivity index (χ3v) is 10.4. The molecule has 0 radical (unpaired) electrons. The van der Waals surface area contributed by atoms with Crippen molar-refractivity contribution in [2.75, 3.05) is 18.0 Å². The minimum absolute atomic E-state index is 0.187. The van der Waals surface area contributed by atoms with Crippen LogP contribution in [0.3, 0.4) is 0 Å². The predicted octanol–water partition coefficient (Wildman–Crippen LogP) is 6.76. The highest BCUT2D eigenvalue weighted by molar-refractivity contribution is 5.91. The zero-order valence-electron chi connectivity index (χ0n) is 22.7. The van der Waals surface area contributed by atoms with E-state index in [0.717, 1.165) is 52.1 Å². The van der Waals surface area contributed by atoms with Crippen LogP contribution in [0, 0.1) is 40.9 Å². The van der Waals surface area contributed by atoms with Crippen LogP contribution in [0.1, 0.15) is 84.1 Å². The van der Waals surface area contributed by atoms with Gasteiger partial charge in [-0.1, -0.05) is 30.6 Å². The quantitative estimate of drug-likeness (QED) is 0.456. The molecule has 4 aliphatic rings. The second-order valence-electron chi connectivity index (χ2n) is 12.2. The molecule has 0 aromatic heterocycles. The molecule has 1 aromatic carbocycles. The number of aliphatic hydroxyl groups is 1. The Kier molecular flexibility index (Phi) is 6.80. The van der Waals surface area contributed by atoms with E-state index in [0.29, 0.717) is 30.6 Å². The van der Waals surface area contributed by atoms with Gasteiger partial charge in [0.25, 0.3) is 0 Å². The predicted molar refractivity (Wildman–Crippen MR) is 144 cm³/mol. The van der Waals surface area contributed by atoms with E-state index in [1.807, 2.05) is 6.08 Å². The summed E-state index contributed by atoms with van der Waals surface area (Å²) in [5, 5.41) is 11.8. The van der Waals surface area contributed by atoms with Crippen LogP contribution in [-0.2, 0) is 4.79 Å². The first-order valence-electron chi connectivity index (χ1n) is 14.2. The number of halogens is 2. The molecular formula is C32H41F2NO2. The van der Waals surface area contributed by atoms with Gasteiger partial charge in [0, 0.05) is 37.5 Å². The van der Waals surface area contributed by atoms with Gasteiger partial charge in [0.05, 0.1) is 0 Å². The summed E-state index contributed by atoms with van der Waals surface area (Å²) in [7, 11) is 0. The normalized spacial score (nSPS) is 37.0. The highest BCUT2D eigenvalue weighted by Gasteiger charge is 2.64. The van der Waals surface area contributed by atoms with E-state index in [2.05, 4.69) is 61.8 Å². The molecule has 1 aromatic rings. The number of allylic oxidation sites excluding steroid dienone is 1. The number of ketones is 1. The maximum absolute atomic E-state index is 13.8. The van der Waals surface area contributed by atoms with Crippen LogP contribution in [0.15, 0.2) is 35.9 Å². The van der Waals surface area contributed by atoms with Gasteiger partial charge in [-0.25, -0.2) is 0 Å². The third kappa shape index (κ3) is 4.54.